The largest absolute Gasteiger partial charge is 0.480 e. The lowest BCUT2D eigenvalue weighted by molar-refractivity contribution is -0.148. The fraction of sp³-hybridized carbons (Fsp3) is 0.474. The van der Waals surface area contributed by atoms with Crippen LogP contribution in [0.1, 0.15) is 24.8 Å². The van der Waals surface area contributed by atoms with Crippen LogP contribution in [0.2, 0.25) is 0 Å². The summed E-state index contributed by atoms with van der Waals surface area (Å²) in [4.78, 5) is 26.1. The summed E-state index contributed by atoms with van der Waals surface area (Å²) < 4.78 is 1.84. The first-order valence-corrected chi connectivity index (χ1v) is 10.2. The fourth-order valence-electron chi connectivity index (χ4n) is 4.29. The number of carboxylic acid groups (broad SMARTS) is 1. The first kappa shape index (κ1) is 18.0. The summed E-state index contributed by atoms with van der Waals surface area (Å²) >= 11 is 1.29. The average molecular weight is 386 g/mol. The van der Waals surface area contributed by atoms with Crippen LogP contribution < -0.4 is 0 Å². The minimum Gasteiger partial charge on any atom is -0.480 e. The number of carboxylic acids is 1. The molecule has 0 spiro atoms. The predicted molar refractivity (Wildman–Crippen MR) is 101 cm³/mol. The van der Waals surface area contributed by atoms with E-state index in [1.54, 1.807) is 11.2 Å². The van der Waals surface area contributed by atoms with Gasteiger partial charge in [0.15, 0.2) is 5.16 Å². The maximum atomic E-state index is 12.8. The van der Waals surface area contributed by atoms with Gasteiger partial charge < -0.3 is 10.0 Å². The number of aromatic nitrogens is 3. The monoisotopic (exact) mass is 386 g/mol. The van der Waals surface area contributed by atoms with Crippen LogP contribution in [-0.4, -0.2) is 55.0 Å². The molecule has 1 N–H and O–H groups in total. The van der Waals surface area contributed by atoms with Gasteiger partial charge in [-0.1, -0.05) is 35.9 Å². The molecule has 2 aliphatic rings. The third kappa shape index (κ3) is 3.45. The molecule has 1 aliphatic carbocycles. The summed E-state index contributed by atoms with van der Waals surface area (Å²) in [6, 6.07) is 7.30. The number of likely N-dealkylation sites (tertiary alicyclic amines) is 1. The number of carbonyl (C=O) groups is 2. The predicted octanol–water partition coefficient (Wildman–Crippen LogP) is 2.38. The van der Waals surface area contributed by atoms with E-state index in [1.165, 1.54) is 11.8 Å². The van der Waals surface area contributed by atoms with E-state index in [0.717, 1.165) is 30.5 Å². The first-order chi connectivity index (χ1) is 13.0. The molecule has 1 aliphatic heterocycles. The summed E-state index contributed by atoms with van der Waals surface area (Å²) in [5.41, 5.74) is 2.09. The lowest BCUT2D eigenvalue weighted by atomic mass is 9.94. The number of fused-ring (bicyclic) bond motifs is 1. The Balaban J connectivity index is 1.45. The minimum absolute atomic E-state index is 0.104. The third-order valence-electron chi connectivity index (χ3n) is 5.62. The molecule has 1 aromatic carbocycles. The molecule has 1 saturated heterocycles. The van der Waals surface area contributed by atoms with Gasteiger partial charge in [0, 0.05) is 12.2 Å². The highest BCUT2D eigenvalue weighted by Gasteiger charge is 2.49. The van der Waals surface area contributed by atoms with Crippen LogP contribution >= 0.6 is 11.8 Å². The van der Waals surface area contributed by atoms with Gasteiger partial charge in [-0.3, -0.25) is 9.36 Å². The van der Waals surface area contributed by atoms with Crippen LogP contribution in [0.3, 0.4) is 0 Å². The van der Waals surface area contributed by atoms with Gasteiger partial charge in [-0.2, -0.15) is 0 Å². The second kappa shape index (κ2) is 7.34. The number of nitrogens with zero attached hydrogens (tertiary/aromatic N) is 4. The molecule has 1 saturated carbocycles. The average Bonchev–Trinajstić information content (AvgIpc) is 3.35. The van der Waals surface area contributed by atoms with Crippen molar-refractivity contribution in [1.29, 1.82) is 0 Å². The molecular weight excluding hydrogens is 364 g/mol. The molecule has 3 unspecified atom stereocenters. The van der Waals surface area contributed by atoms with Crippen LogP contribution in [0, 0.1) is 18.8 Å². The van der Waals surface area contributed by atoms with Crippen molar-refractivity contribution < 1.29 is 14.7 Å². The quantitative estimate of drug-likeness (QED) is 0.794. The summed E-state index contributed by atoms with van der Waals surface area (Å²) in [6.45, 7) is 2.58. The number of carbonyl (C=O) groups excluding carboxylic acids is 1. The number of thioether (sulfide) groups is 1. The Morgan fingerprint density at radius 2 is 2.04 bits per heavy atom. The Hall–Kier alpha value is -2.35. The second-order valence-electron chi connectivity index (χ2n) is 7.29. The van der Waals surface area contributed by atoms with Gasteiger partial charge in [-0.05, 0) is 43.7 Å². The third-order valence-corrected chi connectivity index (χ3v) is 6.54. The summed E-state index contributed by atoms with van der Waals surface area (Å²) in [5, 5.41) is 18.3. The number of rotatable bonds is 5. The van der Waals surface area contributed by atoms with Gasteiger partial charge >= 0.3 is 5.97 Å². The second-order valence-corrected chi connectivity index (χ2v) is 8.23. The van der Waals surface area contributed by atoms with E-state index >= 15 is 0 Å². The molecule has 27 heavy (non-hydrogen) atoms. The fourth-order valence-corrected chi connectivity index (χ4v) is 5.11. The molecule has 3 atom stereocenters. The summed E-state index contributed by atoms with van der Waals surface area (Å²) in [5.74, 6) is -0.428. The molecule has 1 aromatic heterocycles. The maximum absolute atomic E-state index is 12.8. The molecule has 8 heteroatoms. The molecule has 0 radical (unpaired) electrons. The minimum atomic E-state index is -0.884. The molecule has 4 rings (SSSR count). The summed E-state index contributed by atoms with van der Waals surface area (Å²) in [7, 11) is 0. The highest BCUT2D eigenvalue weighted by molar-refractivity contribution is 7.99. The first-order valence-electron chi connectivity index (χ1n) is 9.16. The van der Waals surface area contributed by atoms with Crippen LogP contribution in [-0.2, 0) is 9.59 Å². The van der Waals surface area contributed by atoms with Crippen molar-refractivity contribution in [2.45, 2.75) is 37.4 Å². The van der Waals surface area contributed by atoms with E-state index in [9.17, 15) is 14.7 Å². The SMILES string of the molecule is Cc1ccc(-n2cnnc2SCC(=O)N2CC3CCCC3C2C(=O)O)cc1. The normalized spacial score (nSPS) is 24.2. The van der Waals surface area contributed by atoms with Crippen LogP contribution in [0.4, 0.5) is 0 Å². The lowest BCUT2D eigenvalue weighted by Gasteiger charge is -2.24. The Kier molecular flexibility index (Phi) is 4.90. The number of benzene rings is 1. The molecule has 2 aromatic rings. The maximum Gasteiger partial charge on any atom is 0.326 e. The van der Waals surface area contributed by atoms with Gasteiger partial charge in [0.2, 0.25) is 5.91 Å². The molecule has 0 bridgehead atoms. The van der Waals surface area contributed by atoms with Crippen LogP contribution in [0.25, 0.3) is 5.69 Å². The molecular formula is C19H22N4O3S. The number of amides is 1. The molecule has 2 heterocycles. The Morgan fingerprint density at radius 1 is 1.26 bits per heavy atom. The summed E-state index contributed by atoms with van der Waals surface area (Å²) in [6.07, 6.45) is 4.61. The van der Waals surface area contributed by atoms with E-state index in [1.807, 2.05) is 35.8 Å². The number of aliphatic carboxylic acids is 1. The lowest BCUT2D eigenvalue weighted by Crippen LogP contribution is -2.44. The van der Waals surface area contributed by atoms with E-state index in [0.29, 0.717) is 17.6 Å². The topological polar surface area (TPSA) is 88.3 Å². The van der Waals surface area contributed by atoms with E-state index in [4.69, 9.17) is 0 Å². The van der Waals surface area contributed by atoms with E-state index in [2.05, 4.69) is 10.2 Å². The van der Waals surface area contributed by atoms with Crippen LogP contribution in [0.15, 0.2) is 35.7 Å². The highest BCUT2D eigenvalue weighted by Crippen LogP contribution is 2.42. The molecule has 2 fully saturated rings. The van der Waals surface area contributed by atoms with Crippen molar-refractivity contribution in [3.8, 4) is 5.69 Å². The van der Waals surface area contributed by atoms with Crippen molar-refractivity contribution in [2.75, 3.05) is 12.3 Å². The van der Waals surface area contributed by atoms with Crippen molar-refractivity contribution in [3.63, 3.8) is 0 Å². The van der Waals surface area contributed by atoms with Crippen molar-refractivity contribution in [2.24, 2.45) is 11.8 Å². The van der Waals surface area contributed by atoms with Gasteiger partial charge in [-0.15, -0.1) is 10.2 Å². The van der Waals surface area contributed by atoms with Crippen molar-refractivity contribution in [3.05, 3.63) is 36.2 Å². The van der Waals surface area contributed by atoms with Gasteiger partial charge in [-0.25, -0.2) is 4.79 Å². The van der Waals surface area contributed by atoms with Crippen molar-refractivity contribution >= 4 is 23.6 Å². The zero-order chi connectivity index (χ0) is 19.0. The van der Waals surface area contributed by atoms with E-state index in [-0.39, 0.29) is 17.6 Å². The van der Waals surface area contributed by atoms with Gasteiger partial charge in [0.1, 0.15) is 12.4 Å². The number of hydrogen-bond acceptors (Lipinski definition) is 5. The van der Waals surface area contributed by atoms with Crippen LogP contribution in [0.5, 0.6) is 0 Å². The molecule has 1 amide bonds. The van der Waals surface area contributed by atoms with Gasteiger partial charge in [0.05, 0.1) is 5.75 Å². The molecule has 142 valence electrons. The molecule has 7 nitrogen and oxygen atoms in total. The number of aryl methyl sites for hydroxylation is 1. The zero-order valence-electron chi connectivity index (χ0n) is 15.1. The number of hydrogen-bond donors (Lipinski definition) is 1. The standard InChI is InChI=1S/C19H22N4O3S/c1-12-5-7-14(8-6-12)23-11-20-21-19(23)27-10-16(24)22-9-13-3-2-4-15(13)17(22)18(25)26/h5-8,11,13,15,17H,2-4,9-10H2,1H3,(H,25,26). The Morgan fingerprint density at radius 3 is 2.78 bits per heavy atom. The van der Waals surface area contributed by atoms with Crippen molar-refractivity contribution in [1.82, 2.24) is 19.7 Å². The Labute approximate surface area is 161 Å². The Bertz CT molecular complexity index is 851. The van der Waals surface area contributed by atoms with Gasteiger partial charge in [0.25, 0.3) is 0 Å². The van der Waals surface area contributed by atoms with E-state index < -0.39 is 12.0 Å². The highest BCUT2D eigenvalue weighted by atomic mass is 32.2. The zero-order valence-corrected chi connectivity index (χ0v) is 15.9. The smallest absolute Gasteiger partial charge is 0.326 e.